The molecule has 0 fully saturated rings. The Hall–Kier alpha value is -2.95. The number of carbonyl (C=O) groups excluding carboxylic acids is 2. The number of fused-ring (bicyclic) bond motifs is 1. The number of aliphatic hydroxyl groups is 1. The predicted octanol–water partition coefficient (Wildman–Crippen LogP) is 0.881. The summed E-state index contributed by atoms with van der Waals surface area (Å²) >= 11 is 0. The minimum absolute atomic E-state index is 0.185. The van der Waals surface area contributed by atoms with Crippen LogP contribution < -0.4 is 16.4 Å². The van der Waals surface area contributed by atoms with Gasteiger partial charge in [-0.15, -0.1) is 0 Å². The van der Waals surface area contributed by atoms with E-state index in [-0.39, 0.29) is 23.0 Å². The first kappa shape index (κ1) is 20.4. The van der Waals surface area contributed by atoms with E-state index < -0.39 is 35.6 Å². The largest absolute Gasteiger partial charge is 0.417 e. The van der Waals surface area contributed by atoms with Crippen molar-refractivity contribution in [2.24, 2.45) is 0 Å². The molecule has 2 rings (SSSR count). The smallest absolute Gasteiger partial charge is 0.380 e. The summed E-state index contributed by atoms with van der Waals surface area (Å²) in [5, 5.41) is 13.7. The predicted molar refractivity (Wildman–Crippen MR) is 88.6 cm³/mol. The zero-order valence-electron chi connectivity index (χ0n) is 14.4. The van der Waals surface area contributed by atoms with Gasteiger partial charge in [0.1, 0.15) is 0 Å². The lowest BCUT2D eigenvalue weighted by molar-refractivity contribution is -0.253. The number of alkyl halides is 3. The summed E-state index contributed by atoms with van der Waals surface area (Å²) in [6.45, 7) is 2.28. The van der Waals surface area contributed by atoms with E-state index in [2.05, 4.69) is 5.10 Å². The summed E-state index contributed by atoms with van der Waals surface area (Å²) in [7, 11) is 0. The second-order valence-corrected chi connectivity index (χ2v) is 5.97. The molecule has 146 valence electrons. The first-order chi connectivity index (χ1) is 12.5. The number of nitrogens with one attached hydrogen (secondary N) is 2. The number of amides is 2. The fourth-order valence-electron chi connectivity index (χ4n) is 2.26. The molecule has 0 radical (unpaired) electrons. The summed E-state index contributed by atoms with van der Waals surface area (Å²) in [5.41, 5.74) is -0.0996. The number of aryl methyl sites for hydroxylation is 1. The molecule has 3 N–H and O–H groups in total. The lowest BCUT2D eigenvalue weighted by atomic mass is 10.0. The highest BCUT2D eigenvalue weighted by molar-refractivity contribution is 6.05. The third kappa shape index (κ3) is 4.25. The fraction of sp³-hybridized carbons (Fsp3) is 0.375. The summed E-state index contributed by atoms with van der Waals surface area (Å²) in [6, 6.07) is 6.17. The van der Waals surface area contributed by atoms with Crippen molar-refractivity contribution in [3.63, 3.8) is 0 Å². The SMILES string of the molecule is CCn1nc(C(=O)NNC(=O)C[C@](C)(O)C(F)(F)F)c2ccccc2c1=O. The van der Waals surface area contributed by atoms with E-state index in [0.717, 1.165) is 4.68 Å². The fourth-order valence-corrected chi connectivity index (χ4v) is 2.26. The van der Waals surface area contributed by atoms with Crippen LogP contribution in [0.1, 0.15) is 30.8 Å². The highest BCUT2D eigenvalue weighted by atomic mass is 19.4. The maximum atomic E-state index is 12.6. The Balaban J connectivity index is 2.21. The van der Waals surface area contributed by atoms with Gasteiger partial charge in [-0.1, -0.05) is 18.2 Å². The first-order valence-corrected chi connectivity index (χ1v) is 7.86. The monoisotopic (exact) mass is 386 g/mol. The Morgan fingerprint density at radius 1 is 1.19 bits per heavy atom. The number of hydrogen-bond donors (Lipinski definition) is 3. The van der Waals surface area contributed by atoms with Crippen LogP contribution in [0.3, 0.4) is 0 Å². The molecule has 0 bridgehead atoms. The van der Waals surface area contributed by atoms with Gasteiger partial charge in [-0.25, -0.2) is 4.68 Å². The van der Waals surface area contributed by atoms with Gasteiger partial charge in [-0.05, 0) is 19.9 Å². The summed E-state index contributed by atoms with van der Waals surface area (Å²) in [6.07, 6.45) is -6.32. The van der Waals surface area contributed by atoms with E-state index in [1.807, 2.05) is 5.43 Å². The molecule has 0 aliphatic carbocycles. The van der Waals surface area contributed by atoms with Gasteiger partial charge in [0.25, 0.3) is 11.5 Å². The maximum Gasteiger partial charge on any atom is 0.417 e. The molecular weight excluding hydrogens is 369 g/mol. The number of hydrogen-bond acceptors (Lipinski definition) is 5. The van der Waals surface area contributed by atoms with Crippen LogP contribution in [0.5, 0.6) is 0 Å². The highest BCUT2D eigenvalue weighted by Gasteiger charge is 2.51. The molecule has 2 aromatic rings. The Morgan fingerprint density at radius 3 is 2.33 bits per heavy atom. The Labute approximate surface area is 150 Å². The molecule has 1 aromatic carbocycles. The van der Waals surface area contributed by atoms with E-state index in [0.29, 0.717) is 6.92 Å². The lowest BCUT2D eigenvalue weighted by Crippen LogP contribution is -2.49. The van der Waals surface area contributed by atoms with Crippen molar-refractivity contribution >= 4 is 22.6 Å². The average molecular weight is 386 g/mol. The standard InChI is InChI=1S/C16H17F3N4O4/c1-3-23-14(26)10-7-5-4-6-9(10)12(22-23)13(25)21-20-11(24)8-15(2,27)16(17,18)19/h4-7,27H,3,8H2,1-2H3,(H,20,24)(H,21,25)/t15-/m0/s1. The number of nitrogens with zero attached hydrogens (tertiary/aromatic N) is 2. The Morgan fingerprint density at radius 2 is 1.78 bits per heavy atom. The molecule has 0 aliphatic heterocycles. The van der Waals surface area contributed by atoms with Gasteiger partial charge in [0.15, 0.2) is 11.3 Å². The molecule has 0 spiro atoms. The molecule has 1 heterocycles. The number of hydrazine groups is 1. The van der Waals surface area contributed by atoms with Crippen LogP contribution in [0.2, 0.25) is 0 Å². The molecule has 0 saturated heterocycles. The molecule has 1 atom stereocenters. The number of benzene rings is 1. The van der Waals surface area contributed by atoms with E-state index in [1.165, 1.54) is 12.1 Å². The van der Waals surface area contributed by atoms with Crippen LogP contribution in [0.15, 0.2) is 29.1 Å². The molecule has 27 heavy (non-hydrogen) atoms. The van der Waals surface area contributed by atoms with Crippen molar-refractivity contribution in [2.75, 3.05) is 0 Å². The van der Waals surface area contributed by atoms with Gasteiger partial charge in [-0.2, -0.15) is 18.3 Å². The van der Waals surface area contributed by atoms with Crippen LogP contribution in [0.4, 0.5) is 13.2 Å². The van der Waals surface area contributed by atoms with Crippen molar-refractivity contribution < 1.29 is 27.9 Å². The molecule has 0 saturated carbocycles. The van der Waals surface area contributed by atoms with E-state index in [9.17, 15) is 32.7 Å². The van der Waals surface area contributed by atoms with Crippen molar-refractivity contribution in [3.05, 3.63) is 40.3 Å². The number of rotatable bonds is 4. The summed E-state index contributed by atoms with van der Waals surface area (Å²) < 4.78 is 38.8. The van der Waals surface area contributed by atoms with Crippen molar-refractivity contribution in [3.8, 4) is 0 Å². The second kappa shape index (κ2) is 7.35. The van der Waals surface area contributed by atoms with Gasteiger partial charge in [0.05, 0.1) is 11.8 Å². The minimum Gasteiger partial charge on any atom is -0.380 e. The van der Waals surface area contributed by atoms with Gasteiger partial charge in [-0.3, -0.25) is 25.2 Å². The lowest BCUT2D eigenvalue weighted by Gasteiger charge is -2.25. The van der Waals surface area contributed by atoms with E-state index >= 15 is 0 Å². The number of carbonyl (C=O) groups is 2. The van der Waals surface area contributed by atoms with Crippen LogP contribution in [-0.2, 0) is 11.3 Å². The maximum absolute atomic E-state index is 12.6. The first-order valence-electron chi connectivity index (χ1n) is 7.86. The van der Waals surface area contributed by atoms with Gasteiger partial charge < -0.3 is 5.11 Å². The van der Waals surface area contributed by atoms with Crippen LogP contribution in [0, 0.1) is 0 Å². The zero-order valence-corrected chi connectivity index (χ0v) is 14.4. The Bertz CT molecular complexity index is 937. The third-order valence-electron chi connectivity index (χ3n) is 3.81. The minimum atomic E-state index is -5.01. The number of halogens is 3. The zero-order chi connectivity index (χ0) is 20.4. The van der Waals surface area contributed by atoms with Gasteiger partial charge in [0, 0.05) is 11.9 Å². The van der Waals surface area contributed by atoms with Crippen LogP contribution >= 0.6 is 0 Å². The number of aromatic nitrogens is 2. The van der Waals surface area contributed by atoms with Crippen LogP contribution in [-0.4, -0.2) is 38.5 Å². The Kier molecular flexibility index (Phi) is 5.54. The molecular formula is C16H17F3N4O4. The van der Waals surface area contributed by atoms with Crippen LogP contribution in [0.25, 0.3) is 10.8 Å². The molecule has 2 amide bonds. The molecule has 1 aromatic heterocycles. The van der Waals surface area contributed by atoms with Crippen molar-refractivity contribution in [1.29, 1.82) is 0 Å². The molecule has 0 unspecified atom stereocenters. The quantitative estimate of drug-likeness (QED) is 0.675. The topological polar surface area (TPSA) is 113 Å². The highest BCUT2D eigenvalue weighted by Crippen LogP contribution is 2.32. The average Bonchev–Trinajstić information content (AvgIpc) is 2.59. The third-order valence-corrected chi connectivity index (χ3v) is 3.81. The van der Waals surface area contributed by atoms with Crippen molar-refractivity contribution in [1.82, 2.24) is 20.6 Å². The summed E-state index contributed by atoms with van der Waals surface area (Å²) in [5.74, 6) is -2.17. The van der Waals surface area contributed by atoms with Gasteiger partial charge >= 0.3 is 6.18 Å². The van der Waals surface area contributed by atoms with Crippen molar-refractivity contribution in [2.45, 2.75) is 38.6 Å². The van der Waals surface area contributed by atoms with E-state index in [1.54, 1.807) is 24.5 Å². The van der Waals surface area contributed by atoms with E-state index in [4.69, 9.17) is 0 Å². The van der Waals surface area contributed by atoms with Gasteiger partial charge in [0.2, 0.25) is 5.91 Å². The molecule has 11 heteroatoms. The molecule has 0 aliphatic rings. The molecule has 8 nitrogen and oxygen atoms in total. The second-order valence-electron chi connectivity index (χ2n) is 5.97. The summed E-state index contributed by atoms with van der Waals surface area (Å²) in [4.78, 5) is 36.2. The normalized spacial score (nSPS) is 13.9.